The molecule has 0 atom stereocenters. The van der Waals surface area contributed by atoms with E-state index in [2.05, 4.69) is 5.32 Å². The van der Waals surface area contributed by atoms with E-state index >= 15 is 0 Å². The molecule has 126 valence electrons. The van der Waals surface area contributed by atoms with Gasteiger partial charge in [0, 0.05) is 38.0 Å². The summed E-state index contributed by atoms with van der Waals surface area (Å²) in [4.78, 5) is 23.9. The van der Waals surface area contributed by atoms with Gasteiger partial charge in [-0.05, 0) is 30.2 Å². The van der Waals surface area contributed by atoms with E-state index in [0.29, 0.717) is 18.5 Å². The number of carbonyl (C=O) groups excluding carboxylic acids is 1. The van der Waals surface area contributed by atoms with Crippen molar-refractivity contribution in [1.82, 2.24) is 4.90 Å². The molecule has 0 unspecified atom stereocenters. The van der Waals surface area contributed by atoms with Crippen LogP contribution in [-0.2, 0) is 17.8 Å². The molecule has 6 nitrogen and oxygen atoms in total. The molecule has 2 aromatic rings. The zero-order valence-electron chi connectivity index (χ0n) is 14.1. The third kappa shape index (κ3) is 4.32. The van der Waals surface area contributed by atoms with E-state index in [4.69, 9.17) is 0 Å². The lowest BCUT2D eigenvalue weighted by Gasteiger charge is -2.12. The summed E-state index contributed by atoms with van der Waals surface area (Å²) in [5, 5.41) is 14.2. The van der Waals surface area contributed by atoms with Crippen LogP contribution in [-0.4, -0.2) is 29.8 Å². The van der Waals surface area contributed by atoms with Gasteiger partial charge < -0.3 is 10.2 Å². The van der Waals surface area contributed by atoms with Crippen LogP contribution >= 0.6 is 0 Å². The second kappa shape index (κ2) is 7.59. The maximum atomic E-state index is 11.7. The Hall–Kier alpha value is -2.89. The van der Waals surface area contributed by atoms with Crippen molar-refractivity contribution < 1.29 is 9.72 Å². The number of amides is 1. The summed E-state index contributed by atoms with van der Waals surface area (Å²) in [5.74, 6) is 0.0583. The molecule has 0 spiro atoms. The Labute approximate surface area is 141 Å². The van der Waals surface area contributed by atoms with Crippen molar-refractivity contribution in [2.45, 2.75) is 19.9 Å². The Bertz CT molecular complexity index is 740. The highest BCUT2D eigenvalue weighted by Crippen LogP contribution is 2.22. The van der Waals surface area contributed by atoms with E-state index in [9.17, 15) is 14.9 Å². The van der Waals surface area contributed by atoms with Crippen LogP contribution < -0.4 is 5.32 Å². The lowest BCUT2D eigenvalue weighted by Crippen LogP contribution is -2.23. The quantitative estimate of drug-likeness (QED) is 0.653. The second-order valence-corrected chi connectivity index (χ2v) is 5.83. The second-order valence-electron chi connectivity index (χ2n) is 5.83. The summed E-state index contributed by atoms with van der Waals surface area (Å²) in [5.41, 5.74) is 3.54. The van der Waals surface area contributed by atoms with Crippen molar-refractivity contribution in [3.63, 3.8) is 0 Å². The van der Waals surface area contributed by atoms with Gasteiger partial charge in [0.1, 0.15) is 0 Å². The molecule has 1 amide bonds. The number of rotatable bonds is 6. The monoisotopic (exact) mass is 327 g/mol. The van der Waals surface area contributed by atoms with Gasteiger partial charge in [0.15, 0.2) is 0 Å². The molecule has 0 aliphatic heterocycles. The number of nitrogens with one attached hydrogen (secondary N) is 1. The van der Waals surface area contributed by atoms with Gasteiger partial charge in [0.2, 0.25) is 5.91 Å². The number of hydrogen-bond donors (Lipinski definition) is 1. The SMILES string of the molecule is Cc1c(CNc2ccc(CC(=O)N(C)C)cc2)cccc1[N+](=O)[O-]. The first-order valence-corrected chi connectivity index (χ1v) is 7.64. The number of hydrogen-bond acceptors (Lipinski definition) is 4. The molecule has 0 aliphatic carbocycles. The minimum Gasteiger partial charge on any atom is -0.381 e. The number of carbonyl (C=O) groups is 1. The molecule has 0 aliphatic rings. The van der Waals surface area contributed by atoms with Gasteiger partial charge in [-0.25, -0.2) is 0 Å². The number of nitrogens with zero attached hydrogens (tertiary/aromatic N) is 2. The van der Waals surface area contributed by atoms with Gasteiger partial charge in [0.25, 0.3) is 5.69 Å². The molecule has 0 saturated carbocycles. The van der Waals surface area contributed by atoms with Crippen LogP contribution in [0.4, 0.5) is 11.4 Å². The number of benzene rings is 2. The lowest BCUT2D eigenvalue weighted by molar-refractivity contribution is -0.385. The van der Waals surface area contributed by atoms with Crippen LogP contribution in [0.1, 0.15) is 16.7 Å². The van der Waals surface area contributed by atoms with E-state index in [0.717, 1.165) is 16.8 Å². The molecular weight excluding hydrogens is 306 g/mol. The third-order valence-electron chi connectivity index (χ3n) is 3.91. The van der Waals surface area contributed by atoms with Crippen LogP contribution in [0, 0.1) is 17.0 Å². The number of nitro benzene ring substituents is 1. The molecule has 2 aromatic carbocycles. The number of nitro groups is 1. The normalized spacial score (nSPS) is 10.3. The molecule has 2 rings (SSSR count). The van der Waals surface area contributed by atoms with Gasteiger partial charge in [0.05, 0.1) is 11.3 Å². The minimum absolute atomic E-state index is 0.0583. The van der Waals surface area contributed by atoms with E-state index in [-0.39, 0.29) is 16.5 Å². The van der Waals surface area contributed by atoms with Crippen molar-refractivity contribution in [3.8, 4) is 0 Å². The lowest BCUT2D eigenvalue weighted by atomic mass is 10.1. The van der Waals surface area contributed by atoms with E-state index < -0.39 is 0 Å². The van der Waals surface area contributed by atoms with Gasteiger partial charge in [-0.1, -0.05) is 24.3 Å². The predicted octanol–water partition coefficient (Wildman–Crippen LogP) is 3.15. The summed E-state index contributed by atoms with van der Waals surface area (Å²) in [7, 11) is 3.47. The topological polar surface area (TPSA) is 75.5 Å². The average molecular weight is 327 g/mol. The van der Waals surface area contributed by atoms with Gasteiger partial charge in [-0.2, -0.15) is 0 Å². The van der Waals surface area contributed by atoms with Crippen LogP contribution in [0.5, 0.6) is 0 Å². The highest BCUT2D eigenvalue weighted by atomic mass is 16.6. The van der Waals surface area contributed by atoms with Crippen LogP contribution in [0.2, 0.25) is 0 Å². The first-order chi connectivity index (χ1) is 11.4. The molecule has 0 saturated heterocycles. The Morgan fingerprint density at radius 2 is 1.83 bits per heavy atom. The molecule has 1 N–H and O–H groups in total. The maximum absolute atomic E-state index is 11.7. The Kier molecular flexibility index (Phi) is 5.52. The highest BCUT2D eigenvalue weighted by Gasteiger charge is 2.12. The Balaban J connectivity index is 2.02. The van der Waals surface area contributed by atoms with Crippen molar-refractivity contribution in [2.75, 3.05) is 19.4 Å². The largest absolute Gasteiger partial charge is 0.381 e. The first kappa shape index (κ1) is 17.5. The summed E-state index contributed by atoms with van der Waals surface area (Å²) in [6, 6.07) is 12.7. The number of anilines is 1. The Morgan fingerprint density at radius 1 is 1.17 bits per heavy atom. The van der Waals surface area contributed by atoms with Crippen molar-refractivity contribution >= 4 is 17.3 Å². The fourth-order valence-corrected chi connectivity index (χ4v) is 2.33. The van der Waals surface area contributed by atoms with Gasteiger partial charge in [-0.3, -0.25) is 14.9 Å². The summed E-state index contributed by atoms with van der Waals surface area (Å²) >= 11 is 0. The van der Waals surface area contributed by atoms with Gasteiger partial charge in [-0.15, -0.1) is 0 Å². The number of likely N-dealkylation sites (N-methyl/N-ethyl adjacent to an activating group) is 1. The van der Waals surface area contributed by atoms with Crippen LogP contribution in [0.25, 0.3) is 0 Å². The van der Waals surface area contributed by atoms with E-state index in [1.165, 1.54) is 6.07 Å². The zero-order valence-corrected chi connectivity index (χ0v) is 14.1. The van der Waals surface area contributed by atoms with Crippen molar-refractivity contribution in [2.24, 2.45) is 0 Å². The molecule has 0 aromatic heterocycles. The van der Waals surface area contributed by atoms with E-state index in [1.807, 2.05) is 30.3 Å². The van der Waals surface area contributed by atoms with E-state index in [1.54, 1.807) is 32.0 Å². The molecule has 0 bridgehead atoms. The fraction of sp³-hybridized carbons (Fsp3) is 0.278. The van der Waals surface area contributed by atoms with Crippen LogP contribution in [0.15, 0.2) is 42.5 Å². The Morgan fingerprint density at radius 3 is 2.42 bits per heavy atom. The molecular formula is C18H21N3O3. The van der Waals surface area contributed by atoms with Crippen molar-refractivity contribution in [3.05, 3.63) is 69.3 Å². The smallest absolute Gasteiger partial charge is 0.272 e. The molecule has 0 heterocycles. The fourth-order valence-electron chi connectivity index (χ4n) is 2.33. The standard InChI is InChI=1S/C18H21N3O3/c1-13-15(5-4-6-17(13)21(23)24)12-19-16-9-7-14(8-10-16)11-18(22)20(2)3/h4-10,19H,11-12H2,1-3H3. The average Bonchev–Trinajstić information content (AvgIpc) is 2.54. The van der Waals surface area contributed by atoms with Gasteiger partial charge >= 0.3 is 0 Å². The third-order valence-corrected chi connectivity index (χ3v) is 3.91. The minimum atomic E-state index is -0.366. The molecule has 6 heteroatoms. The molecule has 24 heavy (non-hydrogen) atoms. The first-order valence-electron chi connectivity index (χ1n) is 7.64. The maximum Gasteiger partial charge on any atom is 0.272 e. The zero-order chi connectivity index (χ0) is 17.7. The predicted molar refractivity (Wildman–Crippen MR) is 94.0 cm³/mol. The summed E-state index contributed by atoms with van der Waals surface area (Å²) in [6.07, 6.45) is 0.372. The highest BCUT2D eigenvalue weighted by molar-refractivity contribution is 5.78. The van der Waals surface area contributed by atoms with Crippen molar-refractivity contribution in [1.29, 1.82) is 0 Å². The summed E-state index contributed by atoms with van der Waals surface area (Å²) < 4.78 is 0. The molecule has 0 fully saturated rings. The van der Waals surface area contributed by atoms with Crippen LogP contribution in [0.3, 0.4) is 0 Å². The molecule has 0 radical (unpaired) electrons. The summed E-state index contributed by atoms with van der Waals surface area (Å²) in [6.45, 7) is 2.26.